The van der Waals surface area contributed by atoms with Crippen molar-refractivity contribution in [3.63, 3.8) is 0 Å². The molecule has 1 aromatic heterocycles. The third-order valence-electron chi connectivity index (χ3n) is 2.70. The summed E-state index contributed by atoms with van der Waals surface area (Å²) in [7, 11) is 5.23. The topological polar surface area (TPSA) is 80.5 Å². The van der Waals surface area contributed by atoms with Gasteiger partial charge in [-0.25, -0.2) is 0 Å². The third kappa shape index (κ3) is 4.57. The summed E-state index contributed by atoms with van der Waals surface area (Å²) in [6.07, 6.45) is 0.254. The number of hydrogen-bond acceptors (Lipinski definition) is 7. The van der Waals surface area contributed by atoms with E-state index in [1.807, 2.05) is 43.3 Å². The molecule has 112 valence electrons. The molecule has 0 spiro atoms. The zero-order valence-corrected chi connectivity index (χ0v) is 12.3. The van der Waals surface area contributed by atoms with E-state index in [4.69, 9.17) is 4.42 Å². The normalized spacial score (nSPS) is 10.7. The molecule has 0 amide bonds. The van der Waals surface area contributed by atoms with Gasteiger partial charge in [-0.15, -0.1) is 5.10 Å². The van der Waals surface area contributed by atoms with E-state index in [-0.39, 0.29) is 12.4 Å². The monoisotopic (exact) mass is 290 g/mol. The van der Waals surface area contributed by atoms with Gasteiger partial charge in [-0.2, -0.15) is 0 Å². The molecule has 0 fully saturated rings. The van der Waals surface area contributed by atoms with Gasteiger partial charge in [-0.1, -0.05) is 17.2 Å². The predicted octanol–water partition coefficient (Wildman–Crippen LogP) is 1.59. The van der Waals surface area contributed by atoms with Crippen molar-refractivity contribution < 1.29 is 13.9 Å². The van der Waals surface area contributed by atoms with E-state index >= 15 is 0 Å². The molecule has 1 heterocycles. The first kappa shape index (κ1) is 15.0. The number of ether oxygens (including phenoxy) is 1. The minimum absolute atomic E-state index is 0.254. The lowest BCUT2D eigenvalue weighted by Crippen LogP contribution is -2.10. The Balaban J connectivity index is 1.96. The molecule has 7 nitrogen and oxygen atoms in total. The van der Waals surface area contributed by atoms with Crippen LogP contribution < -0.4 is 5.32 Å². The van der Waals surface area contributed by atoms with Crippen LogP contribution in [-0.2, 0) is 22.5 Å². The Morgan fingerprint density at radius 3 is 2.62 bits per heavy atom. The largest absolute Gasteiger partial charge is 0.469 e. The molecule has 0 saturated heterocycles. The van der Waals surface area contributed by atoms with Gasteiger partial charge in [0.05, 0.1) is 20.1 Å². The zero-order chi connectivity index (χ0) is 15.2. The van der Waals surface area contributed by atoms with Crippen LogP contribution in [0.15, 0.2) is 28.7 Å². The summed E-state index contributed by atoms with van der Waals surface area (Å²) >= 11 is 0. The Kier molecular flexibility index (Phi) is 4.89. The number of hydrogen-bond donors (Lipinski definition) is 1. The molecule has 21 heavy (non-hydrogen) atoms. The van der Waals surface area contributed by atoms with Crippen LogP contribution >= 0.6 is 0 Å². The molecular weight excluding hydrogens is 272 g/mol. The minimum atomic E-state index is -0.263. The molecule has 2 rings (SSSR count). The Labute approximate surface area is 122 Å². The molecule has 1 N–H and O–H groups in total. The lowest BCUT2D eigenvalue weighted by atomic mass is 10.1. The number of nitrogens with zero attached hydrogens (tertiary/aromatic N) is 3. The van der Waals surface area contributed by atoms with E-state index in [0.29, 0.717) is 18.5 Å². The second kappa shape index (κ2) is 6.85. The average molecular weight is 290 g/mol. The first-order valence-electron chi connectivity index (χ1n) is 6.46. The number of carbonyl (C=O) groups excluding carboxylic acids is 1. The van der Waals surface area contributed by atoms with Crippen LogP contribution in [0.5, 0.6) is 0 Å². The number of anilines is 2. The van der Waals surface area contributed by atoms with E-state index in [9.17, 15) is 4.79 Å². The zero-order valence-electron chi connectivity index (χ0n) is 12.3. The van der Waals surface area contributed by atoms with Crippen LogP contribution in [0.1, 0.15) is 11.5 Å². The first-order valence-corrected chi connectivity index (χ1v) is 6.46. The minimum Gasteiger partial charge on any atom is -0.469 e. The van der Waals surface area contributed by atoms with E-state index in [1.54, 1.807) is 0 Å². The van der Waals surface area contributed by atoms with Gasteiger partial charge in [0.25, 0.3) is 0 Å². The van der Waals surface area contributed by atoms with Gasteiger partial charge in [-0.3, -0.25) is 4.79 Å². The van der Waals surface area contributed by atoms with Crippen LogP contribution in [-0.4, -0.2) is 42.3 Å². The van der Waals surface area contributed by atoms with Crippen molar-refractivity contribution in [1.82, 2.24) is 15.1 Å². The van der Waals surface area contributed by atoms with Crippen molar-refractivity contribution in [2.75, 3.05) is 26.5 Å². The van der Waals surface area contributed by atoms with Gasteiger partial charge in [0.2, 0.25) is 5.89 Å². The van der Waals surface area contributed by atoms with E-state index in [2.05, 4.69) is 20.3 Å². The SMILES string of the molecule is COC(=O)Cc1ccc(Nc2nnc(CN(C)C)o2)cc1. The van der Waals surface area contributed by atoms with Crippen molar-refractivity contribution >= 4 is 17.7 Å². The maximum Gasteiger partial charge on any atom is 0.320 e. The molecule has 0 unspecified atom stereocenters. The summed E-state index contributed by atoms with van der Waals surface area (Å²) in [5, 5.41) is 10.9. The average Bonchev–Trinajstić information content (AvgIpc) is 2.87. The van der Waals surface area contributed by atoms with Crippen LogP contribution in [0, 0.1) is 0 Å². The predicted molar refractivity (Wildman–Crippen MR) is 77.1 cm³/mol. The first-order chi connectivity index (χ1) is 10.1. The van der Waals surface area contributed by atoms with Gasteiger partial charge in [0.1, 0.15) is 0 Å². The molecule has 2 aromatic rings. The molecule has 0 atom stereocenters. The maximum absolute atomic E-state index is 11.2. The second-order valence-electron chi connectivity index (χ2n) is 4.81. The highest BCUT2D eigenvalue weighted by Crippen LogP contribution is 2.16. The van der Waals surface area contributed by atoms with Crippen molar-refractivity contribution in [3.8, 4) is 0 Å². The van der Waals surface area contributed by atoms with Gasteiger partial charge in [0, 0.05) is 5.69 Å². The smallest absolute Gasteiger partial charge is 0.320 e. The Morgan fingerprint density at radius 1 is 1.29 bits per heavy atom. The van der Waals surface area contributed by atoms with Crippen LogP contribution in [0.4, 0.5) is 11.7 Å². The molecule has 0 saturated carbocycles. The van der Waals surface area contributed by atoms with Crippen molar-refractivity contribution in [3.05, 3.63) is 35.7 Å². The molecule has 0 aliphatic heterocycles. The summed E-state index contributed by atoms with van der Waals surface area (Å²) in [6, 6.07) is 7.71. The third-order valence-corrected chi connectivity index (χ3v) is 2.70. The molecule has 0 bridgehead atoms. The number of carbonyl (C=O) groups is 1. The van der Waals surface area contributed by atoms with Crippen molar-refractivity contribution in [2.24, 2.45) is 0 Å². The molecule has 0 aliphatic carbocycles. The number of aromatic nitrogens is 2. The number of esters is 1. The summed E-state index contributed by atoms with van der Waals surface area (Å²) in [5.41, 5.74) is 1.69. The van der Waals surface area contributed by atoms with Crippen LogP contribution in [0.3, 0.4) is 0 Å². The standard InChI is InChI=1S/C14H18N4O3/c1-18(2)9-12-16-17-14(21-12)15-11-6-4-10(5-7-11)8-13(19)20-3/h4-7H,8-9H2,1-3H3,(H,15,17). The number of rotatable bonds is 6. The summed E-state index contributed by atoms with van der Waals surface area (Å²) < 4.78 is 10.1. The number of methoxy groups -OCH3 is 1. The van der Waals surface area contributed by atoms with Gasteiger partial charge in [0.15, 0.2) is 0 Å². The van der Waals surface area contributed by atoms with Gasteiger partial charge in [-0.05, 0) is 31.8 Å². The Morgan fingerprint density at radius 2 is 2.00 bits per heavy atom. The number of benzene rings is 1. The summed E-state index contributed by atoms with van der Waals surface area (Å²) in [4.78, 5) is 13.1. The molecule has 1 aromatic carbocycles. The number of nitrogens with one attached hydrogen (secondary N) is 1. The molecule has 0 radical (unpaired) electrons. The highest BCUT2D eigenvalue weighted by Gasteiger charge is 2.07. The van der Waals surface area contributed by atoms with E-state index in [0.717, 1.165) is 11.3 Å². The molecular formula is C14H18N4O3. The second-order valence-corrected chi connectivity index (χ2v) is 4.81. The summed E-state index contributed by atoms with van der Waals surface area (Å²) in [5.74, 6) is 0.283. The lowest BCUT2D eigenvalue weighted by Gasteiger charge is -2.04. The van der Waals surface area contributed by atoms with Crippen molar-refractivity contribution in [1.29, 1.82) is 0 Å². The lowest BCUT2D eigenvalue weighted by molar-refractivity contribution is -0.139. The highest BCUT2D eigenvalue weighted by molar-refractivity contribution is 5.72. The maximum atomic E-state index is 11.2. The van der Waals surface area contributed by atoms with Crippen LogP contribution in [0.25, 0.3) is 0 Å². The van der Waals surface area contributed by atoms with E-state index in [1.165, 1.54) is 7.11 Å². The highest BCUT2D eigenvalue weighted by atomic mass is 16.5. The Bertz CT molecular complexity index is 593. The van der Waals surface area contributed by atoms with Crippen LogP contribution in [0.2, 0.25) is 0 Å². The molecule has 7 heteroatoms. The van der Waals surface area contributed by atoms with E-state index < -0.39 is 0 Å². The van der Waals surface area contributed by atoms with Gasteiger partial charge >= 0.3 is 12.0 Å². The fourth-order valence-electron chi connectivity index (χ4n) is 1.71. The Hall–Kier alpha value is -2.41. The van der Waals surface area contributed by atoms with Crippen molar-refractivity contribution in [2.45, 2.75) is 13.0 Å². The fraction of sp³-hybridized carbons (Fsp3) is 0.357. The quantitative estimate of drug-likeness (QED) is 0.809. The van der Waals surface area contributed by atoms with Gasteiger partial charge < -0.3 is 19.4 Å². The summed E-state index contributed by atoms with van der Waals surface area (Å²) in [6.45, 7) is 0.590. The fourth-order valence-corrected chi connectivity index (χ4v) is 1.71. The molecule has 0 aliphatic rings.